The Balaban J connectivity index is 1.59. The van der Waals surface area contributed by atoms with Crippen LogP contribution in [0.3, 0.4) is 0 Å². The van der Waals surface area contributed by atoms with Gasteiger partial charge in [0.25, 0.3) is 0 Å². The van der Waals surface area contributed by atoms with Gasteiger partial charge in [-0.25, -0.2) is 9.78 Å². The number of hydrogen-bond donors (Lipinski definition) is 2. The second kappa shape index (κ2) is 7.42. The molecule has 1 atom stereocenters. The fourth-order valence-corrected chi connectivity index (χ4v) is 3.30. The van der Waals surface area contributed by atoms with Gasteiger partial charge in [0.05, 0.1) is 23.4 Å². The van der Waals surface area contributed by atoms with Crippen LogP contribution in [0.25, 0.3) is 10.2 Å². The highest BCUT2D eigenvalue weighted by atomic mass is 32.1. The lowest BCUT2D eigenvalue weighted by Gasteiger charge is -2.11. The molecule has 1 unspecified atom stereocenters. The minimum Gasteiger partial charge on any atom is -0.453 e. The molecule has 0 aliphatic carbocycles. The van der Waals surface area contributed by atoms with Crippen LogP contribution in [0, 0.1) is 0 Å². The van der Waals surface area contributed by atoms with E-state index in [9.17, 15) is 4.79 Å². The number of hydrogen-bond acceptors (Lipinski definition) is 5. The average Bonchev–Trinajstić information content (AvgIpc) is 3.05. The first-order valence-corrected chi connectivity index (χ1v) is 8.50. The number of thiazole rings is 1. The van der Waals surface area contributed by atoms with E-state index in [0.717, 1.165) is 22.6 Å². The average molecular weight is 341 g/mol. The Morgan fingerprint density at radius 3 is 2.67 bits per heavy atom. The number of para-hydroxylation sites is 1. The van der Waals surface area contributed by atoms with Gasteiger partial charge in [-0.1, -0.05) is 24.3 Å². The number of nitrogens with zero attached hydrogens (tertiary/aromatic N) is 1. The molecule has 0 saturated carbocycles. The van der Waals surface area contributed by atoms with Crippen LogP contribution in [-0.4, -0.2) is 18.2 Å². The number of rotatable bonds is 5. The maximum absolute atomic E-state index is 11.2. The van der Waals surface area contributed by atoms with E-state index < -0.39 is 6.09 Å². The second-order valence-electron chi connectivity index (χ2n) is 5.44. The van der Waals surface area contributed by atoms with Crippen molar-refractivity contribution in [1.82, 2.24) is 10.3 Å². The monoisotopic (exact) mass is 341 g/mol. The predicted molar refractivity (Wildman–Crippen MR) is 97.3 cm³/mol. The number of benzene rings is 2. The first-order chi connectivity index (χ1) is 11.7. The van der Waals surface area contributed by atoms with Crippen molar-refractivity contribution in [3.8, 4) is 0 Å². The summed E-state index contributed by atoms with van der Waals surface area (Å²) in [5.74, 6) is 0. The van der Waals surface area contributed by atoms with Gasteiger partial charge >= 0.3 is 6.09 Å². The maximum Gasteiger partial charge on any atom is 0.411 e. The third-order valence-corrected chi connectivity index (χ3v) is 4.90. The maximum atomic E-state index is 11.2. The Morgan fingerprint density at radius 2 is 1.96 bits per heavy atom. The lowest BCUT2D eigenvalue weighted by Crippen LogP contribution is -2.18. The first-order valence-electron chi connectivity index (χ1n) is 7.68. The zero-order valence-electron chi connectivity index (χ0n) is 13.6. The first kappa shape index (κ1) is 16.4. The van der Waals surface area contributed by atoms with E-state index in [4.69, 9.17) is 0 Å². The molecule has 1 heterocycles. The SMILES string of the molecule is COC(=O)Nc1ccc(CNC(C)c2nc3ccccc3s2)cc1. The van der Waals surface area contributed by atoms with Crippen molar-refractivity contribution in [1.29, 1.82) is 0 Å². The lowest BCUT2D eigenvalue weighted by molar-refractivity contribution is 0.187. The van der Waals surface area contributed by atoms with Gasteiger partial charge in [0, 0.05) is 12.2 Å². The van der Waals surface area contributed by atoms with E-state index in [2.05, 4.69) is 33.3 Å². The van der Waals surface area contributed by atoms with Crippen molar-refractivity contribution in [2.45, 2.75) is 19.5 Å². The van der Waals surface area contributed by atoms with Crippen LogP contribution in [0.2, 0.25) is 0 Å². The fourth-order valence-electron chi connectivity index (χ4n) is 2.31. The molecule has 24 heavy (non-hydrogen) atoms. The zero-order valence-corrected chi connectivity index (χ0v) is 14.4. The molecular weight excluding hydrogens is 322 g/mol. The molecule has 1 aromatic heterocycles. The fraction of sp³-hybridized carbons (Fsp3) is 0.222. The molecule has 2 N–H and O–H groups in total. The number of carbonyl (C=O) groups excluding carboxylic acids is 1. The highest BCUT2D eigenvalue weighted by Gasteiger charge is 2.11. The summed E-state index contributed by atoms with van der Waals surface area (Å²) in [6.45, 7) is 2.85. The molecule has 0 aliphatic rings. The Kier molecular flexibility index (Phi) is 5.08. The van der Waals surface area contributed by atoms with E-state index >= 15 is 0 Å². The van der Waals surface area contributed by atoms with Crippen LogP contribution in [0.15, 0.2) is 48.5 Å². The van der Waals surface area contributed by atoms with E-state index in [1.165, 1.54) is 11.8 Å². The molecular formula is C18H19N3O2S. The zero-order chi connectivity index (χ0) is 16.9. The number of fused-ring (bicyclic) bond motifs is 1. The molecule has 1 amide bonds. The van der Waals surface area contributed by atoms with Crippen LogP contribution in [0.1, 0.15) is 23.5 Å². The van der Waals surface area contributed by atoms with Gasteiger partial charge in [-0.15, -0.1) is 11.3 Å². The van der Waals surface area contributed by atoms with Crippen molar-refractivity contribution in [3.63, 3.8) is 0 Å². The third-order valence-electron chi connectivity index (χ3n) is 3.68. The van der Waals surface area contributed by atoms with Crippen molar-refractivity contribution in [3.05, 3.63) is 59.1 Å². The Labute approximate surface area is 144 Å². The van der Waals surface area contributed by atoms with E-state index in [-0.39, 0.29) is 6.04 Å². The van der Waals surface area contributed by atoms with Gasteiger partial charge in [-0.2, -0.15) is 0 Å². The highest BCUT2D eigenvalue weighted by Crippen LogP contribution is 2.26. The minimum atomic E-state index is -0.467. The van der Waals surface area contributed by atoms with Gasteiger partial charge < -0.3 is 10.1 Å². The van der Waals surface area contributed by atoms with Gasteiger partial charge in [-0.3, -0.25) is 5.32 Å². The number of nitrogens with one attached hydrogen (secondary N) is 2. The third kappa shape index (κ3) is 3.90. The summed E-state index contributed by atoms with van der Waals surface area (Å²) in [6, 6.07) is 16.0. The van der Waals surface area contributed by atoms with Crippen molar-refractivity contribution in [2.75, 3.05) is 12.4 Å². The molecule has 5 nitrogen and oxygen atoms in total. The van der Waals surface area contributed by atoms with Crippen LogP contribution >= 0.6 is 11.3 Å². The smallest absolute Gasteiger partial charge is 0.411 e. The van der Waals surface area contributed by atoms with Gasteiger partial charge in [0.2, 0.25) is 0 Å². The molecule has 0 fully saturated rings. The second-order valence-corrected chi connectivity index (χ2v) is 6.50. The standard InChI is InChI=1S/C18H19N3O2S/c1-12(17-21-15-5-3-4-6-16(15)24-17)19-11-13-7-9-14(10-8-13)20-18(22)23-2/h3-10,12,19H,11H2,1-2H3,(H,20,22). The van der Waals surface area contributed by atoms with Gasteiger partial charge in [0.15, 0.2) is 0 Å². The number of carbonyl (C=O) groups is 1. The summed E-state index contributed by atoms with van der Waals surface area (Å²) in [5, 5.41) is 7.20. The number of amides is 1. The summed E-state index contributed by atoms with van der Waals surface area (Å²) in [4.78, 5) is 15.8. The number of methoxy groups -OCH3 is 1. The van der Waals surface area contributed by atoms with Crippen molar-refractivity contribution >= 4 is 33.3 Å². The lowest BCUT2D eigenvalue weighted by atomic mass is 10.2. The Morgan fingerprint density at radius 1 is 1.21 bits per heavy atom. The van der Waals surface area contributed by atoms with E-state index in [0.29, 0.717) is 5.69 Å². The summed E-state index contributed by atoms with van der Waals surface area (Å²) in [5.41, 5.74) is 2.90. The van der Waals surface area contributed by atoms with Gasteiger partial charge in [0.1, 0.15) is 5.01 Å². The quantitative estimate of drug-likeness (QED) is 0.725. The van der Waals surface area contributed by atoms with Crippen LogP contribution in [0.4, 0.5) is 10.5 Å². The molecule has 3 rings (SSSR count). The van der Waals surface area contributed by atoms with E-state index in [1.54, 1.807) is 11.3 Å². The number of anilines is 1. The molecule has 0 bridgehead atoms. The number of ether oxygens (including phenoxy) is 1. The Hall–Kier alpha value is -2.44. The van der Waals surface area contributed by atoms with Gasteiger partial charge in [-0.05, 0) is 36.8 Å². The van der Waals surface area contributed by atoms with Crippen LogP contribution in [0.5, 0.6) is 0 Å². The molecule has 0 spiro atoms. The molecule has 3 aromatic rings. The molecule has 124 valence electrons. The predicted octanol–water partition coefficient (Wildman–Crippen LogP) is 4.33. The van der Waals surface area contributed by atoms with Crippen molar-refractivity contribution < 1.29 is 9.53 Å². The molecule has 0 radical (unpaired) electrons. The van der Waals surface area contributed by atoms with E-state index in [1.807, 2.05) is 42.5 Å². The Bertz CT molecular complexity index is 797. The normalized spacial score (nSPS) is 12.1. The molecule has 0 saturated heterocycles. The summed E-state index contributed by atoms with van der Waals surface area (Å²) < 4.78 is 5.78. The molecule has 6 heteroatoms. The summed E-state index contributed by atoms with van der Waals surface area (Å²) in [6.07, 6.45) is -0.467. The largest absolute Gasteiger partial charge is 0.453 e. The van der Waals surface area contributed by atoms with Crippen molar-refractivity contribution in [2.24, 2.45) is 0 Å². The molecule has 2 aromatic carbocycles. The van der Waals surface area contributed by atoms with Crippen LogP contribution < -0.4 is 10.6 Å². The summed E-state index contributed by atoms with van der Waals surface area (Å²) in [7, 11) is 1.34. The summed E-state index contributed by atoms with van der Waals surface area (Å²) >= 11 is 1.72. The number of aromatic nitrogens is 1. The minimum absolute atomic E-state index is 0.176. The van der Waals surface area contributed by atoms with Crippen LogP contribution in [-0.2, 0) is 11.3 Å². The topological polar surface area (TPSA) is 63.2 Å². The molecule has 0 aliphatic heterocycles. The highest BCUT2D eigenvalue weighted by molar-refractivity contribution is 7.18.